The molecule has 0 aliphatic carbocycles. The molecule has 0 atom stereocenters. The summed E-state index contributed by atoms with van der Waals surface area (Å²) in [5.74, 6) is 0.864. The molecule has 0 saturated carbocycles. The highest BCUT2D eigenvalue weighted by atomic mass is 79.9. The van der Waals surface area contributed by atoms with Gasteiger partial charge >= 0.3 is 0 Å². The van der Waals surface area contributed by atoms with Crippen molar-refractivity contribution < 1.29 is 9.21 Å². The Balaban J connectivity index is 1.65. The first-order valence-corrected chi connectivity index (χ1v) is 6.82. The fraction of sp³-hybridized carbons (Fsp3) is 0.214. The van der Waals surface area contributed by atoms with E-state index in [-0.39, 0.29) is 12.5 Å². The molecule has 100 valence electrons. The van der Waals surface area contributed by atoms with Gasteiger partial charge in [0, 0.05) is 23.1 Å². The van der Waals surface area contributed by atoms with E-state index in [2.05, 4.69) is 26.6 Å². The third kappa shape index (κ3) is 4.89. The number of halogens is 1. The van der Waals surface area contributed by atoms with Gasteiger partial charge in [0.05, 0.1) is 12.8 Å². The van der Waals surface area contributed by atoms with E-state index in [4.69, 9.17) is 4.42 Å². The SMILES string of the molecule is O=C(CNCCc1ccco1)Nc1ccc(Br)cc1. The zero-order valence-electron chi connectivity index (χ0n) is 10.4. The summed E-state index contributed by atoms with van der Waals surface area (Å²) in [4.78, 5) is 11.6. The molecule has 1 amide bonds. The molecule has 0 saturated heterocycles. The van der Waals surface area contributed by atoms with Gasteiger partial charge in [0.1, 0.15) is 5.76 Å². The number of furan rings is 1. The molecular formula is C14H15BrN2O2. The summed E-state index contributed by atoms with van der Waals surface area (Å²) in [7, 11) is 0. The van der Waals surface area contributed by atoms with Crippen molar-refractivity contribution >= 4 is 27.5 Å². The summed E-state index contributed by atoms with van der Waals surface area (Å²) in [6.07, 6.45) is 2.42. The minimum Gasteiger partial charge on any atom is -0.469 e. The van der Waals surface area contributed by atoms with Crippen molar-refractivity contribution in [1.82, 2.24) is 5.32 Å². The third-order valence-electron chi connectivity index (χ3n) is 2.54. The van der Waals surface area contributed by atoms with Crippen molar-refractivity contribution in [2.45, 2.75) is 6.42 Å². The second kappa shape index (κ2) is 7.11. The Hall–Kier alpha value is -1.59. The van der Waals surface area contributed by atoms with Crippen LogP contribution in [-0.2, 0) is 11.2 Å². The van der Waals surface area contributed by atoms with E-state index < -0.39 is 0 Å². The number of rotatable bonds is 6. The summed E-state index contributed by atoms with van der Waals surface area (Å²) in [5, 5.41) is 5.89. The molecular weight excluding hydrogens is 308 g/mol. The lowest BCUT2D eigenvalue weighted by molar-refractivity contribution is -0.115. The first-order valence-electron chi connectivity index (χ1n) is 6.02. The number of nitrogens with one attached hydrogen (secondary N) is 2. The molecule has 0 radical (unpaired) electrons. The largest absolute Gasteiger partial charge is 0.469 e. The van der Waals surface area contributed by atoms with E-state index in [1.54, 1.807) is 6.26 Å². The number of amides is 1. The van der Waals surface area contributed by atoms with E-state index in [1.807, 2.05) is 36.4 Å². The molecule has 0 bridgehead atoms. The van der Waals surface area contributed by atoms with Crippen LogP contribution in [0, 0.1) is 0 Å². The van der Waals surface area contributed by atoms with Gasteiger partial charge in [0.15, 0.2) is 0 Å². The van der Waals surface area contributed by atoms with Crippen molar-refractivity contribution in [3.63, 3.8) is 0 Å². The summed E-state index contributed by atoms with van der Waals surface area (Å²) in [5.41, 5.74) is 0.793. The zero-order chi connectivity index (χ0) is 13.5. The molecule has 19 heavy (non-hydrogen) atoms. The second-order valence-electron chi connectivity index (χ2n) is 4.06. The van der Waals surface area contributed by atoms with Gasteiger partial charge in [-0.15, -0.1) is 0 Å². The molecule has 2 aromatic rings. The minimum atomic E-state index is -0.0539. The fourth-order valence-corrected chi connectivity index (χ4v) is 1.87. The van der Waals surface area contributed by atoms with Gasteiger partial charge < -0.3 is 15.1 Å². The van der Waals surface area contributed by atoms with Crippen LogP contribution in [-0.4, -0.2) is 19.0 Å². The maximum absolute atomic E-state index is 11.6. The maximum atomic E-state index is 11.6. The average molecular weight is 323 g/mol. The van der Waals surface area contributed by atoms with Crippen molar-refractivity contribution in [2.75, 3.05) is 18.4 Å². The monoisotopic (exact) mass is 322 g/mol. The second-order valence-corrected chi connectivity index (χ2v) is 4.98. The molecule has 0 fully saturated rings. The first-order chi connectivity index (χ1) is 9.24. The lowest BCUT2D eigenvalue weighted by Crippen LogP contribution is -2.29. The van der Waals surface area contributed by atoms with Crippen LogP contribution >= 0.6 is 15.9 Å². The van der Waals surface area contributed by atoms with Gasteiger partial charge in [-0.25, -0.2) is 0 Å². The molecule has 2 rings (SSSR count). The highest BCUT2D eigenvalue weighted by Crippen LogP contribution is 2.13. The molecule has 4 nitrogen and oxygen atoms in total. The number of carbonyl (C=O) groups is 1. The average Bonchev–Trinajstić information content (AvgIpc) is 2.91. The number of carbonyl (C=O) groups excluding carboxylic acids is 1. The standard InChI is InChI=1S/C14H15BrN2O2/c15-11-3-5-12(6-4-11)17-14(18)10-16-8-7-13-2-1-9-19-13/h1-6,9,16H,7-8,10H2,(H,17,18). The van der Waals surface area contributed by atoms with Crippen molar-refractivity contribution in [3.05, 3.63) is 52.9 Å². The third-order valence-corrected chi connectivity index (χ3v) is 3.07. The molecule has 2 N–H and O–H groups in total. The number of hydrogen-bond acceptors (Lipinski definition) is 3. The Labute approximate surface area is 120 Å². The summed E-state index contributed by atoms with van der Waals surface area (Å²) in [6, 6.07) is 11.3. The van der Waals surface area contributed by atoms with Crippen molar-refractivity contribution in [3.8, 4) is 0 Å². The summed E-state index contributed by atoms with van der Waals surface area (Å²) < 4.78 is 6.19. The Morgan fingerprint density at radius 2 is 2.00 bits per heavy atom. The molecule has 1 aromatic heterocycles. The predicted octanol–water partition coefficient (Wildman–Crippen LogP) is 2.81. The normalized spacial score (nSPS) is 10.4. The predicted molar refractivity (Wildman–Crippen MR) is 78.1 cm³/mol. The van der Waals surface area contributed by atoms with Gasteiger partial charge in [-0.1, -0.05) is 15.9 Å². The van der Waals surface area contributed by atoms with Crippen LogP contribution in [0.1, 0.15) is 5.76 Å². The molecule has 0 aliphatic rings. The van der Waals surface area contributed by atoms with Crippen LogP contribution in [0.4, 0.5) is 5.69 Å². The highest BCUT2D eigenvalue weighted by molar-refractivity contribution is 9.10. The van der Waals surface area contributed by atoms with Crippen molar-refractivity contribution in [2.24, 2.45) is 0 Å². The van der Waals surface area contributed by atoms with E-state index >= 15 is 0 Å². The van der Waals surface area contributed by atoms with Gasteiger partial charge in [-0.3, -0.25) is 4.79 Å². The Morgan fingerprint density at radius 1 is 1.21 bits per heavy atom. The van der Waals surface area contributed by atoms with Gasteiger partial charge in [-0.2, -0.15) is 0 Å². The highest BCUT2D eigenvalue weighted by Gasteiger charge is 2.02. The fourth-order valence-electron chi connectivity index (χ4n) is 1.61. The number of anilines is 1. The van der Waals surface area contributed by atoms with Crippen LogP contribution in [0.3, 0.4) is 0 Å². The number of benzene rings is 1. The van der Waals surface area contributed by atoms with Crippen LogP contribution < -0.4 is 10.6 Å². The van der Waals surface area contributed by atoms with Gasteiger partial charge in [0.2, 0.25) is 5.91 Å². The molecule has 1 aromatic carbocycles. The van der Waals surface area contributed by atoms with Crippen molar-refractivity contribution in [1.29, 1.82) is 0 Å². The van der Waals surface area contributed by atoms with E-state index in [1.165, 1.54) is 0 Å². The van der Waals surface area contributed by atoms with Gasteiger partial charge in [0.25, 0.3) is 0 Å². The Bertz CT molecular complexity index is 509. The molecule has 5 heteroatoms. The molecule has 1 heterocycles. The lowest BCUT2D eigenvalue weighted by atomic mass is 10.3. The van der Waals surface area contributed by atoms with Crippen LogP contribution in [0.25, 0.3) is 0 Å². The first kappa shape index (κ1) is 13.8. The smallest absolute Gasteiger partial charge is 0.238 e. The van der Waals surface area contributed by atoms with Crippen LogP contribution in [0.5, 0.6) is 0 Å². The maximum Gasteiger partial charge on any atom is 0.238 e. The quantitative estimate of drug-likeness (QED) is 0.804. The topological polar surface area (TPSA) is 54.3 Å². The van der Waals surface area contributed by atoms with Crippen LogP contribution in [0.2, 0.25) is 0 Å². The number of hydrogen-bond donors (Lipinski definition) is 2. The zero-order valence-corrected chi connectivity index (χ0v) is 11.9. The molecule has 0 aliphatic heterocycles. The van der Waals surface area contributed by atoms with E-state index in [0.29, 0.717) is 6.54 Å². The molecule has 0 spiro atoms. The van der Waals surface area contributed by atoms with Crippen LogP contribution in [0.15, 0.2) is 51.6 Å². The summed E-state index contributed by atoms with van der Waals surface area (Å²) >= 11 is 3.35. The Morgan fingerprint density at radius 3 is 2.68 bits per heavy atom. The van der Waals surface area contributed by atoms with E-state index in [0.717, 1.165) is 22.3 Å². The van der Waals surface area contributed by atoms with E-state index in [9.17, 15) is 4.79 Å². The lowest BCUT2D eigenvalue weighted by Gasteiger charge is -2.06. The Kier molecular flexibility index (Phi) is 5.18. The minimum absolute atomic E-state index is 0.0539. The molecule has 0 unspecified atom stereocenters. The van der Waals surface area contributed by atoms with Gasteiger partial charge in [-0.05, 0) is 36.4 Å². The summed E-state index contributed by atoms with van der Waals surface area (Å²) in [6.45, 7) is 0.998.